The van der Waals surface area contributed by atoms with Crippen molar-refractivity contribution >= 4 is 10.0 Å². The van der Waals surface area contributed by atoms with Gasteiger partial charge in [0.15, 0.2) is 0 Å². The summed E-state index contributed by atoms with van der Waals surface area (Å²) >= 11 is 0. The van der Waals surface area contributed by atoms with E-state index in [4.69, 9.17) is 4.42 Å². The van der Waals surface area contributed by atoms with Crippen LogP contribution in [0.4, 0.5) is 0 Å². The molecule has 0 saturated heterocycles. The Kier molecular flexibility index (Phi) is 6.03. The van der Waals surface area contributed by atoms with E-state index in [0.29, 0.717) is 31.8 Å². The Morgan fingerprint density at radius 1 is 1.21 bits per heavy atom. The highest BCUT2D eigenvalue weighted by Crippen LogP contribution is 2.13. The minimum absolute atomic E-state index is 0.181. The second-order valence-corrected chi connectivity index (χ2v) is 7.05. The van der Waals surface area contributed by atoms with Gasteiger partial charge in [-0.1, -0.05) is 6.92 Å². The number of nitrogens with zero attached hydrogens (tertiary/aromatic N) is 2. The molecule has 1 heterocycles. The third-order valence-corrected chi connectivity index (χ3v) is 4.80. The van der Waals surface area contributed by atoms with Gasteiger partial charge in [0, 0.05) is 13.1 Å². The van der Waals surface area contributed by atoms with E-state index in [0.717, 1.165) is 5.76 Å². The maximum absolute atomic E-state index is 12.2. The van der Waals surface area contributed by atoms with E-state index >= 15 is 0 Å². The zero-order chi connectivity index (χ0) is 14.5. The van der Waals surface area contributed by atoms with E-state index in [-0.39, 0.29) is 5.75 Å². The molecule has 0 N–H and O–H groups in total. The minimum Gasteiger partial charge on any atom is -0.465 e. The Morgan fingerprint density at radius 3 is 2.37 bits per heavy atom. The lowest BCUT2D eigenvalue weighted by molar-refractivity contribution is 0.310. The molecule has 19 heavy (non-hydrogen) atoms. The summed E-state index contributed by atoms with van der Waals surface area (Å²) in [5.41, 5.74) is 0. The highest BCUT2D eigenvalue weighted by Gasteiger charge is 2.22. The summed E-state index contributed by atoms with van der Waals surface area (Å²) in [6.45, 7) is 5.22. The molecule has 5 nitrogen and oxygen atoms in total. The third-order valence-electron chi connectivity index (χ3n) is 2.78. The first-order chi connectivity index (χ1) is 8.85. The molecule has 0 atom stereocenters. The second-order valence-electron chi connectivity index (χ2n) is 4.97. The summed E-state index contributed by atoms with van der Waals surface area (Å²) in [7, 11) is 0.654. The molecule has 1 rings (SSSR count). The summed E-state index contributed by atoms with van der Waals surface area (Å²) in [4.78, 5) is 1.97. The maximum Gasteiger partial charge on any atom is 0.214 e. The molecule has 1 aromatic rings. The van der Waals surface area contributed by atoms with Crippen LogP contribution >= 0.6 is 0 Å². The van der Waals surface area contributed by atoms with Crippen molar-refractivity contribution < 1.29 is 12.8 Å². The number of sulfonamides is 1. The van der Waals surface area contributed by atoms with Crippen molar-refractivity contribution in [1.29, 1.82) is 0 Å². The minimum atomic E-state index is -3.21. The molecule has 110 valence electrons. The molecule has 0 aliphatic rings. The number of furan rings is 1. The average molecular weight is 288 g/mol. The van der Waals surface area contributed by atoms with E-state index in [9.17, 15) is 8.42 Å². The van der Waals surface area contributed by atoms with Gasteiger partial charge in [0.05, 0.1) is 12.3 Å². The fourth-order valence-electron chi connectivity index (χ4n) is 1.76. The lowest BCUT2D eigenvalue weighted by atomic mass is 10.4. The van der Waals surface area contributed by atoms with Crippen LogP contribution in [0.15, 0.2) is 16.5 Å². The zero-order valence-corrected chi connectivity index (χ0v) is 13.0. The Morgan fingerprint density at radius 2 is 1.89 bits per heavy atom. The molecule has 0 amide bonds. The first-order valence-electron chi connectivity index (χ1n) is 6.53. The second kappa shape index (κ2) is 7.07. The number of likely N-dealkylation sites (N-methyl/N-ethyl adjacent to an activating group) is 1. The first-order valence-corrected chi connectivity index (χ1v) is 8.14. The Bertz CT molecular complexity index is 480. The van der Waals surface area contributed by atoms with Gasteiger partial charge in [-0.25, -0.2) is 8.42 Å². The Hall–Kier alpha value is -0.850. The molecule has 1 aromatic heterocycles. The molecule has 0 fully saturated rings. The highest BCUT2D eigenvalue weighted by molar-refractivity contribution is 7.89. The molecule has 0 saturated carbocycles. The van der Waals surface area contributed by atoms with Crippen molar-refractivity contribution in [2.45, 2.75) is 26.8 Å². The smallest absolute Gasteiger partial charge is 0.214 e. The van der Waals surface area contributed by atoms with Gasteiger partial charge in [0.1, 0.15) is 11.5 Å². The SMILES string of the molecule is CCCS(=O)(=O)N(CCN(C)C)Cc1ccc(C)o1. The van der Waals surface area contributed by atoms with E-state index in [1.807, 2.05) is 45.0 Å². The molecule has 0 spiro atoms. The average Bonchev–Trinajstić information content (AvgIpc) is 2.69. The molecule has 0 bridgehead atoms. The highest BCUT2D eigenvalue weighted by atomic mass is 32.2. The monoisotopic (exact) mass is 288 g/mol. The van der Waals surface area contributed by atoms with Crippen molar-refractivity contribution in [3.63, 3.8) is 0 Å². The fourth-order valence-corrected chi connectivity index (χ4v) is 3.22. The number of aryl methyl sites for hydroxylation is 1. The van der Waals surface area contributed by atoms with E-state index < -0.39 is 10.0 Å². The van der Waals surface area contributed by atoms with Gasteiger partial charge >= 0.3 is 0 Å². The molecule has 0 aromatic carbocycles. The van der Waals surface area contributed by atoms with E-state index in [2.05, 4.69) is 0 Å². The largest absolute Gasteiger partial charge is 0.465 e. The summed E-state index contributed by atoms with van der Waals surface area (Å²) in [5, 5.41) is 0. The Balaban J connectivity index is 2.79. The molecule has 0 aliphatic heterocycles. The summed E-state index contributed by atoms with van der Waals surface area (Å²) < 4.78 is 31.4. The van der Waals surface area contributed by atoms with Crippen LogP contribution in [0.25, 0.3) is 0 Å². The van der Waals surface area contributed by atoms with Gasteiger partial charge < -0.3 is 9.32 Å². The fraction of sp³-hybridized carbons (Fsp3) is 0.692. The van der Waals surface area contributed by atoms with Crippen molar-refractivity contribution in [3.05, 3.63) is 23.7 Å². The molecule has 0 aliphatic carbocycles. The van der Waals surface area contributed by atoms with Crippen LogP contribution in [0.5, 0.6) is 0 Å². The van der Waals surface area contributed by atoms with E-state index in [1.165, 1.54) is 4.31 Å². The molecular formula is C13H24N2O3S. The predicted octanol–water partition coefficient (Wildman–Crippen LogP) is 1.69. The number of hydrogen-bond donors (Lipinski definition) is 0. The summed E-state index contributed by atoms with van der Waals surface area (Å²) in [6.07, 6.45) is 0.623. The normalized spacial score (nSPS) is 12.5. The van der Waals surface area contributed by atoms with Gasteiger partial charge in [-0.15, -0.1) is 0 Å². The lowest BCUT2D eigenvalue weighted by Gasteiger charge is -2.22. The zero-order valence-electron chi connectivity index (χ0n) is 12.2. The van der Waals surface area contributed by atoms with E-state index in [1.54, 1.807) is 0 Å². The third kappa shape index (κ3) is 5.34. The van der Waals surface area contributed by atoms with Gasteiger partial charge in [-0.2, -0.15) is 4.31 Å². The number of rotatable bonds is 8. The van der Waals surface area contributed by atoms with Crippen molar-refractivity contribution in [1.82, 2.24) is 9.21 Å². The lowest BCUT2D eigenvalue weighted by Crippen LogP contribution is -2.37. The number of hydrogen-bond acceptors (Lipinski definition) is 4. The topological polar surface area (TPSA) is 53.8 Å². The van der Waals surface area contributed by atoms with Gasteiger partial charge in [-0.05, 0) is 39.6 Å². The van der Waals surface area contributed by atoms with Crippen molar-refractivity contribution in [2.75, 3.05) is 32.9 Å². The van der Waals surface area contributed by atoms with Crippen LogP contribution in [0.3, 0.4) is 0 Å². The van der Waals surface area contributed by atoms with Crippen LogP contribution < -0.4 is 0 Å². The van der Waals surface area contributed by atoms with Gasteiger partial charge in [0.2, 0.25) is 10.0 Å². The van der Waals surface area contributed by atoms with Crippen molar-refractivity contribution in [3.8, 4) is 0 Å². The quantitative estimate of drug-likeness (QED) is 0.730. The molecule has 6 heteroatoms. The van der Waals surface area contributed by atoms with Gasteiger partial charge in [-0.3, -0.25) is 0 Å². The van der Waals surface area contributed by atoms with Crippen LogP contribution in [-0.4, -0.2) is 50.6 Å². The Labute approximate surface area is 116 Å². The van der Waals surface area contributed by atoms with Crippen LogP contribution in [0.2, 0.25) is 0 Å². The van der Waals surface area contributed by atoms with Crippen molar-refractivity contribution in [2.24, 2.45) is 0 Å². The molecular weight excluding hydrogens is 264 g/mol. The molecule has 0 unspecified atom stereocenters. The summed E-state index contributed by atoms with van der Waals surface area (Å²) in [5.74, 6) is 1.67. The standard InChI is InChI=1S/C13H24N2O3S/c1-5-10-19(16,17)15(9-8-14(3)4)11-13-7-6-12(2)18-13/h6-7H,5,8-11H2,1-4H3. The summed E-state index contributed by atoms with van der Waals surface area (Å²) in [6, 6.07) is 3.69. The van der Waals surface area contributed by atoms with Crippen LogP contribution in [0, 0.1) is 6.92 Å². The van der Waals surface area contributed by atoms with Gasteiger partial charge in [0.25, 0.3) is 0 Å². The molecule has 0 radical (unpaired) electrons. The van der Waals surface area contributed by atoms with Crippen LogP contribution in [-0.2, 0) is 16.6 Å². The predicted molar refractivity (Wildman–Crippen MR) is 76.5 cm³/mol. The first kappa shape index (κ1) is 16.2. The van der Waals surface area contributed by atoms with Crippen LogP contribution in [0.1, 0.15) is 24.9 Å². The maximum atomic E-state index is 12.2.